The van der Waals surface area contributed by atoms with Crippen molar-refractivity contribution in [3.63, 3.8) is 0 Å². The number of hydrogen-bond donors (Lipinski definition) is 2. The van der Waals surface area contributed by atoms with Crippen molar-refractivity contribution in [1.29, 1.82) is 0 Å². The molecule has 0 aromatic carbocycles. The zero-order chi connectivity index (χ0) is 10.4. The molecule has 0 spiro atoms. The molecule has 1 rings (SSSR count). The minimum atomic E-state index is 0.272. The average molecular weight is 200 g/mol. The van der Waals surface area contributed by atoms with Gasteiger partial charge in [-0.3, -0.25) is 4.90 Å². The Labute approximate surface area is 87.5 Å². The first kappa shape index (κ1) is 12.0. The first-order valence-electron chi connectivity index (χ1n) is 5.82. The number of aliphatic hydroxyl groups excluding tert-OH is 1. The molecule has 0 atom stereocenters. The minimum Gasteiger partial charge on any atom is -0.395 e. The van der Waals surface area contributed by atoms with Gasteiger partial charge in [0.1, 0.15) is 0 Å². The molecule has 1 aliphatic carbocycles. The van der Waals surface area contributed by atoms with E-state index in [4.69, 9.17) is 5.11 Å². The van der Waals surface area contributed by atoms with Gasteiger partial charge in [0, 0.05) is 18.6 Å². The largest absolute Gasteiger partial charge is 0.395 e. The van der Waals surface area contributed by atoms with Gasteiger partial charge in [0.15, 0.2) is 0 Å². The topological polar surface area (TPSA) is 35.5 Å². The normalized spacial score (nSPS) is 16.9. The Morgan fingerprint density at radius 2 is 2.07 bits per heavy atom. The standard InChI is InChI=1S/C11H24N2O/c1-10(2)13(8-9-14)7-3-6-12-11-4-5-11/h10-12,14H,3-9H2,1-2H3. The van der Waals surface area contributed by atoms with E-state index in [0.29, 0.717) is 6.04 Å². The van der Waals surface area contributed by atoms with E-state index in [-0.39, 0.29) is 6.61 Å². The van der Waals surface area contributed by atoms with Crippen molar-refractivity contribution in [2.45, 2.75) is 45.2 Å². The van der Waals surface area contributed by atoms with E-state index >= 15 is 0 Å². The van der Waals surface area contributed by atoms with Crippen molar-refractivity contribution in [3.05, 3.63) is 0 Å². The summed E-state index contributed by atoms with van der Waals surface area (Å²) in [5.74, 6) is 0. The molecule has 84 valence electrons. The molecule has 1 saturated carbocycles. The van der Waals surface area contributed by atoms with E-state index in [1.165, 1.54) is 19.3 Å². The average Bonchev–Trinajstić information content (AvgIpc) is 2.93. The molecule has 3 heteroatoms. The van der Waals surface area contributed by atoms with E-state index in [2.05, 4.69) is 24.1 Å². The SMILES string of the molecule is CC(C)N(CCO)CCCNC1CC1. The summed E-state index contributed by atoms with van der Waals surface area (Å²) in [6.07, 6.45) is 3.92. The number of nitrogens with one attached hydrogen (secondary N) is 1. The Hall–Kier alpha value is -0.120. The second kappa shape index (κ2) is 6.38. The zero-order valence-corrected chi connectivity index (χ0v) is 9.50. The number of hydrogen-bond acceptors (Lipinski definition) is 3. The molecule has 0 unspecified atom stereocenters. The molecule has 2 N–H and O–H groups in total. The fourth-order valence-corrected chi connectivity index (χ4v) is 1.63. The van der Waals surface area contributed by atoms with E-state index < -0.39 is 0 Å². The predicted octanol–water partition coefficient (Wildman–Crippen LogP) is 0.831. The van der Waals surface area contributed by atoms with E-state index in [0.717, 1.165) is 25.7 Å². The lowest BCUT2D eigenvalue weighted by molar-refractivity contribution is 0.164. The molecular formula is C11H24N2O. The third-order valence-electron chi connectivity index (χ3n) is 2.75. The molecule has 1 aliphatic rings. The Kier molecular flexibility index (Phi) is 5.45. The Morgan fingerprint density at radius 3 is 2.57 bits per heavy atom. The van der Waals surface area contributed by atoms with Crippen molar-refractivity contribution in [3.8, 4) is 0 Å². The van der Waals surface area contributed by atoms with Gasteiger partial charge in [-0.05, 0) is 46.2 Å². The van der Waals surface area contributed by atoms with Crippen LogP contribution in [0.3, 0.4) is 0 Å². The molecule has 0 aromatic heterocycles. The zero-order valence-electron chi connectivity index (χ0n) is 9.50. The summed E-state index contributed by atoms with van der Waals surface area (Å²) in [6.45, 7) is 7.67. The lowest BCUT2D eigenvalue weighted by Gasteiger charge is -2.25. The fraction of sp³-hybridized carbons (Fsp3) is 1.00. The monoisotopic (exact) mass is 200 g/mol. The number of aliphatic hydroxyl groups is 1. The first-order chi connectivity index (χ1) is 6.74. The van der Waals surface area contributed by atoms with Gasteiger partial charge in [-0.25, -0.2) is 0 Å². The Bertz CT molecular complexity index is 146. The van der Waals surface area contributed by atoms with Crippen molar-refractivity contribution < 1.29 is 5.11 Å². The summed E-state index contributed by atoms with van der Waals surface area (Å²) in [5.41, 5.74) is 0. The second-order valence-electron chi connectivity index (χ2n) is 4.44. The maximum atomic E-state index is 8.88. The van der Waals surface area contributed by atoms with Crippen LogP contribution >= 0.6 is 0 Å². The van der Waals surface area contributed by atoms with Crippen LogP contribution in [-0.2, 0) is 0 Å². The van der Waals surface area contributed by atoms with Gasteiger partial charge in [0.2, 0.25) is 0 Å². The highest BCUT2D eigenvalue weighted by Crippen LogP contribution is 2.18. The lowest BCUT2D eigenvalue weighted by Crippen LogP contribution is -2.35. The summed E-state index contributed by atoms with van der Waals surface area (Å²) in [4.78, 5) is 2.33. The van der Waals surface area contributed by atoms with Gasteiger partial charge in [-0.2, -0.15) is 0 Å². The van der Waals surface area contributed by atoms with Gasteiger partial charge >= 0.3 is 0 Å². The number of rotatable bonds is 8. The molecule has 0 heterocycles. The highest BCUT2D eigenvalue weighted by molar-refractivity contribution is 4.80. The number of nitrogens with zero attached hydrogens (tertiary/aromatic N) is 1. The van der Waals surface area contributed by atoms with Crippen LogP contribution in [0, 0.1) is 0 Å². The van der Waals surface area contributed by atoms with E-state index in [1.54, 1.807) is 0 Å². The van der Waals surface area contributed by atoms with Crippen molar-refractivity contribution in [1.82, 2.24) is 10.2 Å². The van der Waals surface area contributed by atoms with Crippen LogP contribution in [-0.4, -0.2) is 48.3 Å². The van der Waals surface area contributed by atoms with Crippen LogP contribution in [0.15, 0.2) is 0 Å². The van der Waals surface area contributed by atoms with Crippen LogP contribution in [0.4, 0.5) is 0 Å². The van der Waals surface area contributed by atoms with Crippen LogP contribution in [0.1, 0.15) is 33.1 Å². The van der Waals surface area contributed by atoms with Crippen LogP contribution in [0.25, 0.3) is 0 Å². The van der Waals surface area contributed by atoms with Crippen LogP contribution in [0.5, 0.6) is 0 Å². The first-order valence-corrected chi connectivity index (χ1v) is 5.82. The summed E-state index contributed by atoms with van der Waals surface area (Å²) < 4.78 is 0. The van der Waals surface area contributed by atoms with Gasteiger partial charge in [-0.1, -0.05) is 0 Å². The van der Waals surface area contributed by atoms with Crippen LogP contribution in [0.2, 0.25) is 0 Å². The van der Waals surface area contributed by atoms with Gasteiger partial charge in [0.05, 0.1) is 6.61 Å². The van der Waals surface area contributed by atoms with E-state index in [1.807, 2.05) is 0 Å². The molecule has 0 saturated heterocycles. The molecule has 0 aliphatic heterocycles. The summed E-state index contributed by atoms with van der Waals surface area (Å²) in [6, 6.07) is 1.36. The molecule has 14 heavy (non-hydrogen) atoms. The summed E-state index contributed by atoms with van der Waals surface area (Å²) >= 11 is 0. The smallest absolute Gasteiger partial charge is 0.0558 e. The maximum Gasteiger partial charge on any atom is 0.0558 e. The maximum absolute atomic E-state index is 8.88. The summed E-state index contributed by atoms with van der Waals surface area (Å²) in [7, 11) is 0. The third-order valence-corrected chi connectivity index (χ3v) is 2.75. The van der Waals surface area contributed by atoms with Gasteiger partial charge in [-0.15, -0.1) is 0 Å². The van der Waals surface area contributed by atoms with Crippen molar-refractivity contribution in [2.24, 2.45) is 0 Å². The predicted molar refractivity (Wildman–Crippen MR) is 59.4 cm³/mol. The fourth-order valence-electron chi connectivity index (χ4n) is 1.63. The molecule has 0 amide bonds. The molecule has 0 aromatic rings. The quantitative estimate of drug-likeness (QED) is 0.570. The van der Waals surface area contributed by atoms with Crippen molar-refractivity contribution >= 4 is 0 Å². The van der Waals surface area contributed by atoms with Crippen molar-refractivity contribution in [2.75, 3.05) is 26.2 Å². The highest BCUT2D eigenvalue weighted by Gasteiger charge is 2.19. The molecule has 3 nitrogen and oxygen atoms in total. The lowest BCUT2D eigenvalue weighted by atomic mass is 10.3. The molecule has 1 fully saturated rings. The second-order valence-corrected chi connectivity index (χ2v) is 4.44. The third kappa shape index (κ3) is 4.94. The Morgan fingerprint density at radius 1 is 1.36 bits per heavy atom. The van der Waals surface area contributed by atoms with Crippen LogP contribution < -0.4 is 5.32 Å². The van der Waals surface area contributed by atoms with Gasteiger partial charge < -0.3 is 10.4 Å². The highest BCUT2D eigenvalue weighted by atomic mass is 16.3. The summed E-state index contributed by atoms with van der Waals surface area (Å²) in [5, 5.41) is 12.4. The van der Waals surface area contributed by atoms with Gasteiger partial charge in [0.25, 0.3) is 0 Å². The minimum absolute atomic E-state index is 0.272. The molecule has 0 radical (unpaired) electrons. The Balaban J connectivity index is 1.99. The molecule has 0 bridgehead atoms. The molecular weight excluding hydrogens is 176 g/mol. The van der Waals surface area contributed by atoms with E-state index in [9.17, 15) is 0 Å².